The van der Waals surface area contributed by atoms with Gasteiger partial charge in [-0.25, -0.2) is 4.39 Å². The summed E-state index contributed by atoms with van der Waals surface area (Å²) in [6.07, 6.45) is 0.918. The predicted molar refractivity (Wildman–Crippen MR) is 62.5 cm³/mol. The van der Waals surface area contributed by atoms with Gasteiger partial charge in [0.2, 0.25) is 0 Å². The number of hydrogen-bond donors (Lipinski definition) is 1. The normalized spacial score (nSPS) is 12.2. The number of rotatable bonds is 6. The molecule has 0 aliphatic carbocycles. The molecule has 1 N–H and O–H groups in total. The van der Waals surface area contributed by atoms with Gasteiger partial charge in [-0.15, -0.1) is 0 Å². The second-order valence-electron chi connectivity index (χ2n) is 3.55. The van der Waals surface area contributed by atoms with E-state index in [1.165, 1.54) is 13.2 Å². The number of benzene rings is 1. The molecule has 1 aromatic rings. The highest BCUT2D eigenvalue weighted by molar-refractivity contribution is 5.47. The molecule has 1 unspecified atom stereocenters. The highest BCUT2D eigenvalue weighted by atomic mass is 19.1. The number of halogens is 1. The predicted octanol–water partition coefficient (Wildman–Crippen LogP) is 2.67. The Morgan fingerprint density at radius 3 is 2.62 bits per heavy atom. The zero-order valence-corrected chi connectivity index (χ0v) is 9.92. The molecular formula is C12H18FNO2. The Bertz CT molecular complexity index is 331. The molecule has 0 fully saturated rings. The third kappa shape index (κ3) is 3.38. The third-order valence-electron chi connectivity index (χ3n) is 2.38. The van der Waals surface area contributed by atoms with E-state index in [0.717, 1.165) is 12.1 Å². The lowest BCUT2D eigenvalue weighted by molar-refractivity contribution is 0.184. The fourth-order valence-corrected chi connectivity index (χ4v) is 1.45. The minimum absolute atomic E-state index is 0.192. The van der Waals surface area contributed by atoms with E-state index in [4.69, 9.17) is 9.47 Å². The summed E-state index contributed by atoms with van der Waals surface area (Å²) >= 11 is 0. The van der Waals surface area contributed by atoms with Crippen LogP contribution in [0.3, 0.4) is 0 Å². The fraction of sp³-hybridized carbons (Fsp3) is 0.500. The molecular weight excluding hydrogens is 209 g/mol. The number of anilines is 1. The first-order valence-corrected chi connectivity index (χ1v) is 5.30. The van der Waals surface area contributed by atoms with Gasteiger partial charge in [-0.1, -0.05) is 6.92 Å². The molecule has 90 valence electrons. The first-order valence-electron chi connectivity index (χ1n) is 5.30. The Kier molecular flexibility index (Phi) is 5.05. The lowest BCUT2D eigenvalue weighted by Crippen LogP contribution is -2.23. The van der Waals surface area contributed by atoms with E-state index in [9.17, 15) is 4.39 Å². The summed E-state index contributed by atoms with van der Waals surface area (Å²) in [5, 5.41) is 3.20. The number of ether oxygens (including phenoxy) is 2. The van der Waals surface area contributed by atoms with Crippen molar-refractivity contribution in [2.45, 2.75) is 19.4 Å². The Labute approximate surface area is 95.6 Å². The van der Waals surface area contributed by atoms with Crippen molar-refractivity contribution in [2.24, 2.45) is 0 Å². The summed E-state index contributed by atoms with van der Waals surface area (Å²) in [6, 6.07) is 5.02. The van der Waals surface area contributed by atoms with E-state index in [0.29, 0.717) is 6.61 Å². The van der Waals surface area contributed by atoms with E-state index in [1.54, 1.807) is 19.2 Å². The molecule has 0 heterocycles. The first-order chi connectivity index (χ1) is 7.71. The van der Waals surface area contributed by atoms with Crippen molar-refractivity contribution in [1.82, 2.24) is 0 Å². The SMILES string of the molecule is CCC(COC)Nc1ccc(OC)c(F)c1. The summed E-state index contributed by atoms with van der Waals surface area (Å²) in [5.41, 5.74) is 0.738. The van der Waals surface area contributed by atoms with Crippen LogP contribution in [0.5, 0.6) is 5.75 Å². The molecule has 4 heteroatoms. The van der Waals surface area contributed by atoms with Gasteiger partial charge in [-0.2, -0.15) is 0 Å². The topological polar surface area (TPSA) is 30.5 Å². The minimum Gasteiger partial charge on any atom is -0.494 e. The molecule has 0 bridgehead atoms. The molecule has 0 saturated heterocycles. The molecule has 16 heavy (non-hydrogen) atoms. The van der Waals surface area contributed by atoms with Crippen molar-refractivity contribution >= 4 is 5.69 Å². The highest BCUT2D eigenvalue weighted by Crippen LogP contribution is 2.21. The molecule has 1 atom stereocenters. The molecule has 0 aromatic heterocycles. The largest absolute Gasteiger partial charge is 0.494 e. The van der Waals surface area contributed by atoms with Gasteiger partial charge in [0.25, 0.3) is 0 Å². The maximum atomic E-state index is 13.4. The summed E-state index contributed by atoms with van der Waals surface area (Å²) in [5.74, 6) is -0.106. The van der Waals surface area contributed by atoms with Crippen LogP contribution in [0.4, 0.5) is 10.1 Å². The Hall–Kier alpha value is -1.29. The van der Waals surface area contributed by atoms with Crippen LogP contribution in [0.1, 0.15) is 13.3 Å². The summed E-state index contributed by atoms with van der Waals surface area (Å²) in [7, 11) is 3.10. The smallest absolute Gasteiger partial charge is 0.167 e. The lowest BCUT2D eigenvalue weighted by atomic mass is 10.2. The minimum atomic E-state index is -0.361. The van der Waals surface area contributed by atoms with Crippen LogP contribution in [0, 0.1) is 5.82 Å². The molecule has 0 spiro atoms. The van der Waals surface area contributed by atoms with E-state index in [-0.39, 0.29) is 17.6 Å². The van der Waals surface area contributed by atoms with Crippen molar-refractivity contribution in [2.75, 3.05) is 26.1 Å². The fourth-order valence-electron chi connectivity index (χ4n) is 1.45. The zero-order valence-electron chi connectivity index (χ0n) is 9.92. The maximum absolute atomic E-state index is 13.4. The van der Waals surface area contributed by atoms with Gasteiger partial charge in [0.05, 0.1) is 13.7 Å². The van der Waals surface area contributed by atoms with E-state index in [2.05, 4.69) is 12.2 Å². The lowest BCUT2D eigenvalue weighted by Gasteiger charge is -2.17. The summed E-state index contributed by atoms with van der Waals surface area (Å²) in [4.78, 5) is 0. The van der Waals surface area contributed by atoms with Gasteiger partial charge in [-0.05, 0) is 18.6 Å². The average Bonchev–Trinajstić information content (AvgIpc) is 2.28. The first kappa shape index (κ1) is 12.8. The monoisotopic (exact) mass is 227 g/mol. The molecule has 0 amide bonds. The maximum Gasteiger partial charge on any atom is 0.167 e. The van der Waals surface area contributed by atoms with Crippen molar-refractivity contribution in [3.8, 4) is 5.75 Å². The van der Waals surface area contributed by atoms with Gasteiger partial charge in [0.15, 0.2) is 11.6 Å². The highest BCUT2D eigenvalue weighted by Gasteiger charge is 2.08. The van der Waals surface area contributed by atoms with Crippen LogP contribution in [0.2, 0.25) is 0 Å². The van der Waals surface area contributed by atoms with Crippen LogP contribution in [-0.4, -0.2) is 26.9 Å². The van der Waals surface area contributed by atoms with Gasteiger partial charge in [0.1, 0.15) is 0 Å². The van der Waals surface area contributed by atoms with Crippen molar-refractivity contribution < 1.29 is 13.9 Å². The van der Waals surface area contributed by atoms with Crippen LogP contribution < -0.4 is 10.1 Å². The third-order valence-corrected chi connectivity index (χ3v) is 2.38. The van der Waals surface area contributed by atoms with E-state index >= 15 is 0 Å². The molecule has 0 saturated carbocycles. The van der Waals surface area contributed by atoms with E-state index < -0.39 is 0 Å². The van der Waals surface area contributed by atoms with Gasteiger partial charge in [-0.3, -0.25) is 0 Å². The van der Waals surface area contributed by atoms with Gasteiger partial charge < -0.3 is 14.8 Å². The van der Waals surface area contributed by atoms with Crippen LogP contribution >= 0.6 is 0 Å². The van der Waals surface area contributed by atoms with Crippen LogP contribution in [0.15, 0.2) is 18.2 Å². The van der Waals surface area contributed by atoms with E-state index in [1.807, 2.05) is 0 Å². The zero-order chi connectivity index (χ0) is 12.0. The average molecular weight is 227 g/mol. The summed E-state index contributed by atoms with van der Waals surface area (Å²) < 4.78 is 23.3. The number of methoxy groups -OCH3 is 2. The quantitative estimate of drug-likeness (QED) is 0.810. The Balaban J connectivity index is 2.69. The van der Waals surface area contributed by atoms with Crippen molar-refractivity contribution in [3.05, 3.63) is 24.0 Å². The Morgan fingerprint density at radius 2 is 2.12 bits per heavy atom. The molecule has 0 aliphatic heterocycles. The molecule has 1 aromatic carbocycles. The van der Waals surface area contributed by atoms with Gasteiger partial charge >= 0.3 is 0 Å². The Morgan fingerprint density at radius 1 is 1.38 bits per heavy atom. The second kappa shape index (κ2) is 6.33. The van der Waals surface area contributed by atoms with Crippen LogP contribution in [0.25, 0.3) is 0 Å². The molecule has 0 radical (unpaired) electrons. The molecule has 0 aliphatic rings. The van der Waals surface area contributed by atoms with Crippen molar-refractivity contribution in [1.29, 1.82) is 0 Å². The van der Waals surface area contributed by atoms with Crippen molar-refractivity contribution in [3.63, 3.8) is 0 Å². The number of nitrogens with one attached hydrogen (secondary N) is 1. The van der Waals surface area contributed by atoms with Gasteiger partial charge in [0, 0.05) is 24.9 Å². The molecule has 1 rings (SSSR count). The molecule has 3 nitrogen and oxygen atoms in total. The second-order valence-corrected chi connectivity index (χ2v) is 3.55. The van der Waals surface area contributed by atoms with Crippen LogP contribution in [-0.2, 0) is 4.74 Å². The number of hydrogen-bond acceptors (Lipinski definition) is 3. The summed E-state index contributed by atoms with van der Waals surface area (Å²) in [6.45, 7) is 2.65. The standard InChI is InChI=1S/C12H18FNO2/c1-4-9(8-15-2)14-10-5-6-12(16-3)11(13)7-10/h5-7,9,14H,4,8H2,1-3H3.